The van der Waals surface area contributed by atoms with Gasteiger partial charge in [-0.05, 0) is 0 Å². The molecule has 0 unspecified atom stereocenters. The van der Waals surface area contributed by atoms with Crippen molar-refractivity contribution in [2.75, 3.05) is 6.54 Å². The van der Waals surface area contributed by atoms with Gasteiger partial charge in [0, 0.05) is 0 Å². The minimum atomic E-state index is 0.167. The van der Waals surface area contributed by atoms with Crippen LogP contribution in [0.4, 0.5) is 0 Å². The van der Waals surface area contributed by atoms with E-state index in [1.54, 1.807) is 0 Å². The van der Waals surface area contributed by atoms with Crippen molar-refractivity contribution >= 4 is 27.1 Å². The SMILES string of the molecule is CCC(CC)c1cccc(C=NCC[Te]C)c1O. The molecule has 0 heterocycles. The Morgan fingerprint density at radius 1 is 1.33 bits per heavy atom. The third kappa shape index (κ3) is 4.30. The molecule has 0 atom stereocenters. The summed E-state index contributed by atoms with van der Waals surface area (Å²) in [6, 6.07) is 5.99. The number of aliphatic imine (C=N–C) groups is 1. The van der Waals surface area contributed by atoms with Gasteiger partial charge in [-0.15, -0.1) is 0 Å². The van der Waals surface area contributed by atoms with Crippen LogP contribution < -0.4 is 0 Å². The maximum absolute atomic E-state index is 10.3. The quantitative estimate of drug-likeness (QED) is 0.446. The van der Waals surface area contributed by atoms with Crippen molar-refractivity contribution in [3.63, 3.8) is 0 Å². The molecule has 3 heteroatoms. The molecule has 0 radical (unpaired) electrons. The van der Waals surface area contributed by atoms with E-state index in [1.165, 1.54) is 4.47 Å². The van der Waals surface area contributed by atoms with E-state index in [-0.39, 0.29) is 20.9 Å². The molecule has 0 aromatic heterocycles. The normalized spacial score (nSPS) is 11.6. The zero-order valence-corrected chi connectivity index (χ0v) is 13.8. The van der Waals surface area contributed by atoms with Crippen LogP contribution in [0.3, 0.4) is 0 Å². The Labute approximate surface area is 121 Å². The average molecular weight is 361 g/mol. The van der Waals surface area contributed by atoms with Crippen LogP contribution in [0.15, 0.2) is 23.2 Å². The van der Waals surface area contributed by atoms with Gasteiger partial charge >= 0.3 is 121 Å². The van der Waals surface area contributed by atoms with Crippen LogP contribution >= 0.6 is 0 Å². The first-order valence-electron chi connectivity index (χ1n) is 6.55. The molecule has 0 spiro atoms. The number of para-hydroxylation sites is 1. The molecule has 0 aliphatic rings. The van der Waals surface area contributed by atoms with Gasteiger partial charge in [0.15, 0.2) is 0 Å². The molecular weight excluding hydrogens is 338 g/mol. The first-order valence-corrected chi connectivity index (χ1v) is 10.5. The molecule has 0 fully saturated rings. The molecule has 18 heavy (non-hydrogen) atoms. The summed E-state index contributed by atoms with van der Waals surface area (Å²) in [5, 5.41) is 10.3. The molecule has 0 aliphatic carbocycles. The van der Waals surface area contributed by atoms with Gasteiger partial charge in [0.2, 0.25) is 0 Å². The molecule has 100 valence electrons. The van der Waals surface area contributed by atoms with Gasteiger partial charge in [0.1, 0.15) is 0 Å². The number of benzene rings is 1. The second-order valence-electron chi connectivity index (χ2n) is 4.33. The number of rotatable bonds is 7. The van der Waals surface area contributed by atoms with E-state index < -0.39 is 0 Å². The van der Waals surface area contributed by atoms with Gasteiger partial charge in [-0.3, -0.25) is 0 Å². The Morgan fingerprint density at radius 3 is 2.67 bits per heavy atom. The zero-order chi connectivity index (χ0) is 13.4. The summed E-state index contributed by atoms with van der Waals surface area (Å²) in [4.78, 5) is 6.68. The Balaban J connectivity index is 2.87. The summed E-state index contributed by atoms with van der Waals surface area (Å²) in [6.07, 6.45) is 3.95. The number of hydrogen-bond donors (Lipinski definition) is 1. The second-order valence-corrected chi connectivity index (χ2v) is 7.14. The summed E-state index contributed by atoms with van der Waals surface area (Å²) in [5.41, 5.74) is 1.92. The average Bonchev–Trinajstić information content (AvgIpc) is 2.39. The van der Waals surface area contributed by atoms with E-state index in [9.17, 15) is 5.11 Å². The first kappa shape index (κ1) is 15.5. The molecule has 2 nitrogen and oxygen atoms in total. The van der Waals surface area contributed by atoms with Crippen molar-refractivity contribution in [1.82, 2.24) is 0 Å². The van der Waals surface area contributed by atoms with E-state index in [4.69, 9.17) is 0 Å². The molecule has 1 aromatic carbocycles. The van der Waals surface area contributed by atoms with Crippen LogP contribution in [0.5, 0.6) is 5.75 Å². The van der Waals surface area contributed by atoms with Crippen molar-refractivity contribution < 1.29 is 5.11 Å². The number of nitrogens with zero attached hydrogens (tertiary/aromatic N) is 1. The minimum absolute atomic E-state index is 0.167. The monoisotopic (exact) mass is 363 g/mol. The maximum atomic E-state index is 10.3. The second kappa shape index (κ2) is 8.56. The van der Waals surface area contributed by atoms with Gasteiger partial charge in [-0.2, -0.15) is 0 Å². The first-order chi connectivity index (χ1) is 8.74. The zero-order valence-electron chi connectivity index (χ0n) is 11.5. The molecule has 0 saturated heterocycles. The number of hydrogen-bond acceptors (Lipinski definition) is 2. The summed E-state index contributed by atoms with van der Waals surface area (Å²) in [6.45, 7) is 5.23. The molecule has 0 saturated carbocycles. The van der Waals surface area contributed by atoms with E-state index >= 15 is 0 Å². The Kier molecular flexibility index (Phi) is 7.39. The van der Waals surface area contributed by atoms with Crippen LogP contribution in [0.2, 0.25) is 9.44 Å². The van der Waals surface area contributed by atoms with Gasteiger partial charge in [-0.1, -0.05) is 0 Å². The van der Waals surface area contributed by atoms with Crippen LogP contribution in [0, 0.1) is 0 Å². The summed E-state index contributed by atoms with van der Waals surface area (Å²) >= 11 is 0.167. The van der Waals surface area contributed by atoms with Crippen molar-refractivity contribution in [3.05, 3.63) is 29.3 Å². The van der Waals surface area contributed by atoms with Crippen LogP contribution in [0.25, 0.3) is 0 Å². The molecule has 0 bridgehead atoms. The van der Waals surface area contributed by atoms with E-state index in [1.807, 2.05) is 24.4 Å². The third-order valence-corrected chi connectivity index (χ3v) is 4.87. The molecule has 0 aliphatic heterocycles. The number of phenols is 1. The third-order valence-electron chi connectivity index (χ3n) is 3.18. The number of phenolic OH excluding ortho intramolecular Hbond substituents is 1. The van der Waals surface area contributed by atoms with Crippen molar-refractivity contribution in [2.24, 2.45) is 4.99 Å². The fraction of sp³-hybridized carbons (Fsp3) is 0.533. The van der Waals surface area contributed by atoms with Crippen molar-refractivity contribution in [1.29, 1.82) is 0 Å². The molecule has 0 amide bonds. The predicted molar refractivity (Wildman–Crippen MR) is 80.3 cm³/mol. The van der Waals surface area contributed by atoms with Gasteiger partial charge < -0.3 is 0 Å². The van der Waals surface area contributed by atoms with E-state index in [0.717, 1.165) is 30.5 Å². The van der Waals surface area contributed by atoms with E-state index in [0.29, 0.717) is 11.7 Å². The fourth-order valence-electron chi connectivity index (χ4n) is 2.05. The summed E-state index contributed by atoms with van der Waals surface area (Å²) < 4.78 is 1.23. The standard InChI is InChI=1S/C15H23NOTe/c1-4-12(5-2)14-8-6-7-13(15(14)17)11-16-9-10-18-3/h6-8,11-12,17H,4-5,9-10H2,1-3H3. The molecule has 1 rings (SSSR count). The van der Waals surface area contributed by atoms with Gasteiger partial charge in [0.25, 0.3) is 0 Å². The van der Waals surface area contributed by atoms with Crippen LogP contribution in [0.1, 0.15) is 43.7 Å². The van der Waals surface area contributed by atoms with Crippen molar-refractivity contribution in [2.45, 2.75) is 42.0 Å². The molecule has 1 N–H and O–H groups in total. The van der Waals surface area contributed by atoms with Gasteiger partial charge in [0.05, 0.1) is 0 Å². The predicted octanol–water partition coefficient (Wildman–Crippen LogP) is 3.89. The van der Waals surface area contributed by atoms with Crippen LogP contribution in [-0.2, 0) is 0 Å². The van der Waals surface area contributed by atoms with Crippen LogP contribution in [-0.4, -0.2) is 38.8 Å². The summed E-state index contributed by atoms with van der Waals surface area (Å²) in [7, 11) is 0. The Bertz CT molecular complexity index is 386. The summed E-state index contributed by atoms with van der Waals surface area (Å²) in [5.74, 6) is 0.865. The van der Waals surface area contributed by atoms with E-state index in [2.05, 4.69) is 23.8 Å². The molecular formula is C15H23NOTe. The van der Waals surface area contributed by atoms with Crippen molar-refractivity contribution in [3.8, 4) is 5.75 Å². The Hall–Kier alpha value is -0.520. The Morgan fingerprint density at radius 2 is 2.06 bits per heavy atom. The fourth-order valence-corrected chi connectivity index (χ4v) is 2.87. The molecule has 1 aromatic rings. The number of aromatic hydroxyl groups is 1. The van der Waals surface area contributed by atoms with Gasteiger partial charge in [-0.25, -0.2) is 0 Å². The topological polar surface area (TPSA) is 32.6 Å².